The summed E-state index contributed by atoms with van der Waals surface area (Å²) in [6.45, 7) is 0.645. The van der Waals surface area contributed by atoms with Crippen molar-refractivity contribution >= 4 is 16.8 Å². The number of benzene rings is 1. The SMILES string of the molecule is COCc1nn2c(nnc3c(=O)n(Cc4cccnc4)cnc32)c1-c1ccccc1. The highest BCUT2D eigenvalue weighted by atomic mass is 16.5. The van der Waals surface area contributed by atoms with Crippen molar-refractivity contribution < 1.29 is 4.74 Å². The minimum absolute atomic E-state index is 0.153. The molecule has 0 radical (unpaired) electrons. The van der Waals surface area contributed by atoms with E-state index in [2.05, 4.69) is 25.3 Å². The van der Waals surface area contributed by atoms with E-state index < -0.39 is 0 Å². The molecule has 0 aliphatic heterocycles. The first-order chi connectivity index (χ1) is 14.8. The Morgan fingerprint density at radius 1 is 1.03 bits per heavy atom. The molecule has 5 aromatic rings. The van der Waals surface area contributed by atoms with Crippen molar-refractivity contribution in [1.29, 1.82) is 0 Å². The second-order valence-corrected chi connectivity index (χ2v) is 6.77. The summed E-state index contributed by atoms with van der Waals surface area (Å²) in [5.74, 6) is 0. The minimum atomic E-state index is -0.289. The molecule has 0 spiro atoms. The standard InChI is InChI=1S/C21H17N7O2/c1-30-12-16-17(15-7-3-2-4-8-15)19-25-24-18-20(28(19)26-16)23-13-27(21(18)29)11-14-6-5-9-22-10-14/h2-10,13H,11-12H2,1H3. The van der Waals surface area contributed by atoms with E-state index in [1.165, 1.54) is 10.9 Å². The van der Waals surface area contributed by atoms with Gasteiger partial charge >= 0.3 is 0 Å². The summed E-state index contributed by atoms with van der Waals surface area (Å²) >= 11 is 0. The largest absolute Gasteiger partial charge is 0.378 e. The zero-order valence-electron chi connectivity index (χ0n) is 16.1. The number of nitrogens with zero attached hydrogens (tertiary/aromatic N) is 7. The number of pyridine rings is 1. The molecule has 5 rings (SSSR count). The number of methoxy groups -OCH3 is 1. The van der Waals surface area contributed by atoms with Gasteiger partial charge < -0.3 is 4.74 Å². The molecular weight excluding hydrogens is 382 g/mol. The molecule has 0 aliphatic rings. The fraction of sp³-hybridized carbons (Fsp3) is 0.143. The van der Waals surface area contributed by atoms with Crippen LogP contribution in [0, 0.1) is 0 Å². The summed E-state index contributed by atoms with van der Waals surface area (Å²) in [4.78, 5) is 21.6. The highest BCUT2D eigenvalue weighted by molar-refractivity contribution is 5.83. The Balaban J connectivity index is 1.70. The Morgan fingerprint density at radius 3 is 2.67 bits per heavy atom. The van der Waals surface area contributed by atoms with Gasteiger partial charge in [0.2, 0.25) is 0 Å². The van der Waals surface area contributed by atoms with Crippen molar-refractivity contribution in [3.8, 4) is 11.1 Å². The van der Waals surface area contributed by atoms with E-state index in [9.17, 15) is 4.79 Å². The Hall–Kier alpha value is -3.98. The lowest BCUT2D eigenvalue weighted by molar-refractivity contribution is 0.181. The number of rotatable bonds is 5. The van der Waals surface area contributed by atoms with Crippen molar-refractivity contribution in [3.63, 3.8) is 0 Å². The van der Waals surface area contributed by atoms with Gasteiger partial charge in [0.15, 0.2) is 16.8 Å². The fourth-order valence-corrected chi connectivity index (χ4v) is 3.44. The molecule has 0 amide bonds. The molecule has 4 heterocycles. The highest BCUT2D eigenvalue weighted by Crippen LogP contribution is 2.28. The molecule has 0 saturated carbocycles. The summed E-state index contributed by atoms with van der Waals surface area (Å²) in [7, 11) is 1.61. The van der Waals surface area contributed by atoms with Crippen LogP contribution in [-0.4, -0.2) is 41.5 Å². The van der Waals surface area contributed by atoms with Crippen molar-refractivity contribution in [2.24, 2.45) is 0 Å². The summed E-state index contributed by atoms with van der Waals surface area (Å²) in [5.41, 5.74) is 4.09. The Bertz CT molecular complexity index is 1400. The van der Waals surface area contributed by atoms with Crippen LogP contribution >= 0.6 is 0 Å². The topological polar surface area (TPSA) is 100 Å². The predicted molar refractivity (Wildman–Crippen MR) is 110 cm³/mol. The molecule has 0 unspecified atom stereocenters. The van der Waals surface area contributed by atoms with Crippen molar-refractivity contribution in [1.82, 2.24) is 34.3 Å². The second kappa shape index (κ2) is 7.45. The summed E-state index contributed by atoms with van der Waals surface area (Å²) in [6, 6.07) is 13.5. The van der Waals surface area contributed by atoms with Crippen LogP contribution in [-0.2, 0) is 17.9 Å². The van der Waals surface area contributed by atoms with Crippen molar-refractivity contribution in [2.45, 2.75) is 13.2 Å². The third-order valence-electron chi connectivity index (χ3n) is 4.79. The average molecular weight is 399 g/mol. The van der Waals surface area contributed by atoms with Crippen LogP contribution in [0.25, 0.3) is 27.9 Å². The molecule has 30 heavy (non-hydrogen) atoms. The Labute approximate surface area is 170 Å². The molecular formula is C21H17N7O2. The van der Waals surface area contributed by atoms with Crippen LogP contribution < -0.4 is 5.56 Å². The fourth-order valence-electron chi connectivity index (χ4n) is 3.44. The summed E-state index contributed by atoms with van der Waals surface area (Å²) in [6.07, 6.45) is 4.90. The molecule has 148 valence electrons. The molecule has 0 N–H and O–H groups in total. The number of hydrogen-bond acceptors (Lipinski definition) is 7. The van der Waals surface area contributed by atoms with E-state index in [4.69, 9.17) is 4.74 Å². The predicted octanol–water partition coefficient (Wildman–Crippen LogP) is 2.09. The van der Waals surface area contributed by atoms with Gasteiger partial charge in [0.05, 0.1) is 24.4 Å². The first kappa shape index (κ1) is 18.1. The lowest BCUT2D eigenvalue weighted by Gasteiger charge is -2.06. The lowest BCUT2D eigenvalue weighted by Crippen LogP contribution is -2.23. The number of fused-ring (bicyclic) bond motifs is 3. The maximum atomic E-state index is 13.0. The monoisotopic (exact) mass is 399 g/mol. The molecule has 9 heteroatoms. The third kappa shape index (κ3) is 3.01. The molecule has 0 bridgehead atoms. The van der Waals surface area contributed by atoms with E-state index >= 15 is 0 Å². The lowest BCUT2D eigenvalue weighted by atomic mass is 10.1. The number of hydrogen-bond donors (Lipinski definition) is 0. The molecule has 4 aromatic heterocycles. The van der Waals surface area contributed by atoms with Crippen LogP contribution in [0.5, 0.6) is 0 Å². The summed E-state index contributed by atoms with van der Waals surface area (Å²) in [5, 5.41) is 13.2. The highest BCUT2D eigenvalue weighted by Gasteiger charge is 2.20. The van der Waals surface area contributed by atoms with Crippen LogP contribution in [0.15, 0.2) is 66.0 Å². The van der Waals surface area contributed by atoms with E-state index in [1.807, 2.05) is 42.5 Å². The van der Waals surface area contributed by atoms with Gasteiger partial charge in [-0.3, -0.25) is 14.3 Å². The Kier molecular flexibility index (Phi) is 4.49. The van der Waals surface area contributed by atoms with Crippen molar-refractivity contribution in [3.05, 3.63) is 82.8 Å². The summed E-state index contributed by atoms with van der Waals surface area (Å²) < 4.78 is 8.37. The van der Waals surface area contributed by atoms with E-state index in [-0.39, 0.29) is 11.1 Å². The van der Waals surface area contributed by atoms with E-state index in [0.29, 0.717) is 30.1 Å². The number of aromatic nitrogens is 7. The molecule has 0 atom stereocenters. The Morgan fingerprint density at radius 2 is 1.90 bits per heavy atom. The maximum Gasteiger partial charge on any atom is 0.283 e. The van der Waals surface area contributed by atoms with Gasteiger partial charge in [-0.15, -0.1) is 10.2 Å². The van der Waals surface area contributed by atoms with Gasteiger partial charge in [0.1, 0.15) is 6.33 Å². The van der Waals surface area contributed by atoms with Gasteiger partial charge in [-0.2, -0.15) is 9.61 Å². The van der Waals surface area contributed by atoms with E-state index in [1.54, 1.807) is 24.0 Å². The van der Waals surface area contributed by atoms with Crippen LogP contribution in [0.2, 0.25) is 0 Å². The molecule has 1 aromatic carbocycles. The molecule has 0 aliphatic carbocycles. The molecule has 0 fully saturated rings. The van der Waals surface area contributed by atoms with Crippen LogP contribution in [0.3, 0.4) is 0 Å². The molecule has 0 saturated heterocycles. The van der Waals surface area contributed by atoms with Crippen LogP contribution in [0.1, 0.15) is 11.3 Å². The third-order valence-corrected chi connectivity index (χ3v) is 4.79. The zero-order chi connectivity index (χ0) is 20.5. The van der Waals surface area contributed by atoms with Gasteiger partial charge in [0.25, 0.3) is 5.56 Å². The molecule has 9 nitrogen and oxygen atoms in total. The first-order valence-corrected chi connectivity index (χ1v) is 9.33. The van der Waals surface area contributed by atoms with Crippen molar-refractivity contribution in [2.75, 3.05) is 7.11 Å². The maximum absolute atomic E-state index is 13.0. The normalized spacial score (nSPS) is 11.4. The zero-order valence-corrected chi connectivity index (χ0v) is 16.1. The van der Waals surface area contributed by atoms with Gasteiger partial charge in [-0.1, -0.05) is 36.4 Å². The van der Waals surface area contributed by atoms with Crippen LogP contribution in [0.4, 0.5) is 0 Å². The smallest absolute Gasteiger partial charge is 0.283 e. The quantitative estimate of drug-likeness (QED) is 0.446. The van der Waals surface area contributed by atoms with Gasteiger partial charge in [-0.25, -0.2) is 4.98 Å². The second-order valence-electron chi connectivity index (χ2n) is 6.77. The minimum Gasteiger partial charge on any atom is -0.378 e. The number of ether oxygens (including phenoxy) is 1. The van der Waals surface area contributed by atoms with Gasteiger partial charge in [-0.05, 0) is 17.2 Å². The van der Waals surface area contributed by atoms with Gasteiger partial charge in [0, 0.05) is 19.5 Å². The average Bonchev–Trinajstić information content (AvgIpc) is 3.15. The first-order valence-electron chi connectivity index (χ1n) is 9.33. The van der Waals surface area contributed by atoms with E-state index in [0.717, 1.165) is 16.7 Å².